The summed E-state index contributed by atoms with van der Waals surface area (Å²) in [4.78, 5) is 39.8. The van der Waals surface area contributed by atoms with Gasteiger partial charge in [0, 0.05) is 50.5 Å². The number of morpholine rings is 1. The summed E-state index contributed by atoms with van der Waals surface area (Å²) in [7, 11) is 0. The van der Waals surface area contributed by atoms with Gasteiger partial charge in [-0.3, -0.25) is 19.3 Å². The number of esters is 2. The van der Waals surface area contributed by atoms with Crippen molar-refractivity contribution in [1.82, 2.24) is 10.2 Å². The van der Waals surface area contributed by atoms with Gasteiger partial charge in [-0.2, -0.15) is 11.8 Å². The zero-order valence-corrected chi connectivity index (χ0v) is 30.4. The molecule has 1 aliphatic heterocycles. The molecule has 270 valence electrons. The Balaban J connectivity index is 2.35. The molecule has 1 saturated heterocycles. The Labute approximate surface area is 285 Å². The number of thioether (sulfide) groups is 1. The molecule has 0 aromatic carbocycles. The molecule has 0 bridgehead atoms. The summed E-state index contributed by atoms with van der Waals surface area (Å²) in [6.45, 7) is 9.02. The maximum absolute atomic E-state index is 12.6. The smallest absolute Gasteiger partial charge is 0.306 e. The number of unbranched alkanes of at least 4 members (excludes halogenated alkanes) is 16. The minimum atomic E-state index is -0.665. The largest absolute Gasteiger partial charge is 0.462 e. The van der Waals surface area contributed by atoms with E-state index in [1.165, 1.54) is 88.8 Å². The minimum absolute atomic E-state index is 0.0355. The predicted octanol–water partition coefficient (Wildman–Crippen LogP) is 6.79. The Kier molecular flexibility index (Phi) is 28.7. The van der Waals surface area contributed by atoms with Crippen molar-refractivity contribution in [3.05, 3.63) is 0 Å². The van der Waals surface area contributed by atoms with Gasteiger partial charge < -0.3 is 25.3 Å². The van der Waals surface area contributed by atoms with Crippen molar-refractivity contribution in [2.24, 2.45) is 5.73 Å². The highest BCUT2D eigenvalue weighted by Gasteiger charge is 2.20. The summed E-state index contributed by atoms with van der Waals surface area (Å²) in [6, 6.07) is -0.665. The second kappa shape index (κ2) is 30.9. The molecule has 0 radical (unpaired) electrons. The molecule has 46 heavy (non-hydrogen) atoms. The molecular formula is C36H69N3O6S. The molecule has 0 saturated carbocycles. The van der Waals surface area contributed by atoms with E-state index < -0.39 is 12.1 Å². The summed E-state index contributed by atoms with van der Waals surface area (Å²) >= 11 is 1.45. The molecule has 1 amide bonds. The Morgan fingerprint density at radius 3 is 1.78 bits per heavy atom. The van der Waals surface area contributed by atoms with Crippen molar-refractivity contribution in [3.63, 3.8) is 0 Å². The highest BCUT2D eigenvalue weighted by Crippen LogP contribution is 2.14. The third-order valence-electron chi connectivity index (χ3n) is 8.47. The van der Waals surface area contributed by atoms with Gasteiger partial charge in [0.2, 0.25) is 5.91 Å². The van der Waals surface area contributed by atoms with Gasteiger partial charge in [0.05, 0.1) is 19.3 Å². The Morgan fingerprint density at radius 1 is 0.739 bits per heavy atom. The van der Waals surface area contributed by atoms with Crippen LogP contribution in [0.1, 0.15) is 142 Å². The lowest BCUT2D eigenvalue weighted by Crippen LogP contribution is -2.46. The molecule has 3 N–H and O–H groups in total. The van der Waals surface area contributed by atoms with E-state index >= 15 is 0 Å². The molecule has 1 aliphatic rings. The highest BCUT2D eigenvalue weighted by atomic mass is 32.2. The first kappa shape index (κ1) is 42.7. The molecule has 0 aromatic rings. The quantitative estimate of drug-likeness (QED) is 0.0606. The van der Waals surface area contributed by atoms with Crippen LogP contribution >= 0.6 is 11.8 Å². The van der Waals surface area contributed by atoms with Gasteiger partial charge in [-0.1, -0.05) is 117 Å². The first-order chi connectivity index (χ1) is 22.5. The third-order valence-corrected chi connectivity index (χ3v) is 9.67. The van der Waals surface area contributed by atoms with E-state index in [1.807, 2.05) is 0 Å². The van der Waals surface area contributed by atoms with Crippen molar-refractivity contribution in [2.45, 2.75) is 154 Å². The van der Waals surface area contributed by atoms with Gasteiger partial charge in [-0.15, -0.1) is 0 Å². The number of nitrogens with two attached hydrogens (primary N) is 1. The molecular weight excluding hydrogens is 602 g/mol. The van der Waals surface area contributed by atoms with Crippen LogP contribution in [0.4, 0.5) is 0 Å². The topological polar surface area (TPSA) is 120 Å². The first-order valence-electron chi connectivity index (χ1n) is 18.7. The lowest BCUT2D eigenvalue weighted by Gasteiger charge is -2.26. The van der Waals surface area contributed by atoms with Crippen molar-refractivity contribution in [1.29, 1.82) is 0 Å². The number of nitrogens with zero attached hydrogens (tertiary/aromatic N) is 1. The summed E-state index contributed by atoms with van der Waals surface area (Å²) in [5, 5.41) is 2.92. The zero-order valence-electron chi connectivity index (χ0n) is 29.5. The van der Waals surface area contributed by atoms with Crippen LogP contribution in [0.2, 0.25) is 0 Å². The van der Waals surface area contributed by atoms with Crippen molar-refractivity contribution in [2.75, 3.05) is 57.5 Å². The normalized spacial score (nSPS) is 14.9. The molecule has 1 heterocycles. The van der Waals surface area contributed by atoms with E-state index in [2.05, 4.69) is 24.1 Å². The molecule has 10 heteroatoms. The van der Waals surface area contributed by atoms with Crippen LogP contribution in [0.3, 0.4) is 0 Å². The van der Waals surface area contributed by atoms with Crippen LogP contribution in [0.5, 0.6) is 0 Å². The van der Waals surface area contributed by atoms with E-state index in [0.29, 0.717) is 30.9 Å². The lowest BCUT2D eigenvalue weighted by atomic mass is 10.1. The maximum Gasteiger partial charge on any atom is 0.306 e. The van der Waals surface area contributed by atoms with E-state index in [9.17, 15) is 14.4 Å². The van der Waals surface area contributed by atoms with Gasteiger partial charge in [0.25, 0.3) is 0 Å². The molecule has 1 rings (SSSR count). The summed E-state index contributed by atoms with van der Waals surface area (Å²) < 4.78 is 16.7. The zero-order chi connectivity index (χ0) is 33.5. The highest BCUT2D eigenvalue weighted by molar-refractivity contribution is 7.99. The first-order valence-corrected chi connectivity index (χ1v) is 19.9. The number of carbonyl (C=O) groups excluding carboxylic acids is 3. The number of rotatable bonds is 31. The summed E-state index contributed by atoms with van der Waals surface area (Å²) in [5.41, 5.74) is 6.15. The number of ether oxygens (including phenoxy) is 3. The van der Waals surface area contributed by atoms with Gasteiger partial charge in [-0.05, 0) is 12.8 Å². The van der Waals surface area contributed by atoms with E-state index in [0.717, 1.165) is 71.4 Å². The molecule has 1 fully saturated rings. The number of hydrogen-bond donors (Lipinski definition) is 2. The van der Waals surface area contributed by atoms with E-state index in [-0.39, 0.29) is 24.5 Å². The molecule has 2 atom stereocenters. The second-order valence-electron chi connectivity index (χ2n) is 12.8. The van der Waals surface area contributed by atoms with Crippen molar-refractivity contribution >= 4 is 29.6 Å². The number of carbonyl (C=O) groups is 3. The maximum atomic E-state index is 12.6. The molecule has 9 nitrogen and oxygen atoms in total. The standard InChI is InChI=1S/C36H69N3O6S/c1-3-5-7-9-11-13-15-17-19-21-34(40)44-29-32(45-35(41)22-20-18-16-14-12-10-8-6-4-2)30-46-31-33(37)36(42)38-23-24-39-25-27-43-28-26-39/h32-33H,3-31,37H2,1-2H3,(H,38,42)/t32-,33-/m1/s1. The molecule has 0 aliphatic carbocycles. The van der Waals surface area contributed by atoms with Gasteiger partial charge in [-0.25, -0.2) is 0 Å². The van der Waals surface area contributed by atoms with Crippen LogP contribution in [-0.4, -0.2) is 92.4 Å². The SMILES string of the molecule is CCCCCCCCCCCC(=O)OC[C@H](CSC[C@@H](N)C(=O)NCCN1CCOCC1)OC(=O)CCCCCCCCCCC. The number of hydrogen-bond acceptors (Lipinski definition) is 9. The van der Waals surface area contributed by atoms with Gasteiger partial charge in [0.15, 0.2) is 0 Å². The van der Waals surface area contributed by atoms with Crippen LogP contribution in [-0.2, 0) is 28.6 Å². The predicted molar refractivity (Wildman–Crippen MR) is 190 cm³/mol. The van der Waals surface area contributed by atoms with Crippen LogP contribution in [0.25, 0.3) is 0 Å². The number of amides is 1. The second-order valence-corrected chi connectivity index (χ2v) is 13.9. The number of nitrogens with one attached hydrogen (secondary N) is 1. The van der Waals surface area contributed by atoms with Gasteiger partial charge in [0.1, 0.15) is 12.7 Å². The molecule has 0 aromatic heterocycles. The van der Waals surface area contributed by atoms with E-state index in [4.69, 9.17) is 19.9 Å². The van der Waals surface area contributed by atoms with Gasteiger partial charge >= 0.3 is 11.9 Å². The van der Waals surface area contributed by atoms with Crippen LogP contribution < -0.4 is 11.1 Å². The fraction of sp³-hybridized carbons (Fsp3) is 0.917. The van der Waals surface area contributed by atoms with Crippen LogP contribution in [0, 0.1) is 0 Å². The average Bonchev–Trinajstić information content (AvgIpc) is 3.06. The lowest BCUT2D eigenvalue weighted by molar-refractivity contribution is -0.157. The van der Waals surface area contributed by atoms with Crippen molar-refractivity contribution in [3.8, 4) is 0 Å². The molecule has 0 unspecified atom stereocenters. The average molecular weight is 672 g/mol. The summed E-state index contributed by atoms with van der Waals surface area (Å²) in [5.74, 6) is 0.121. The Morgan fingerprint density at radius 2 is 1.24 bits per heavy atom. The molecule has 0 spiro atoms. The Hall–Kier alpha value is -1.36. The third kappa shape index (κ3) is 25.7. The fourth-order valence-corrected chi connectivity index (χ4v) is 6.44. The minimum Gasteiger partial charge on any atom is -0.462 e. The van der Waals surface area contributed by atoms with Crippen molar-refractivity contribution < 1.29 is 28.6 Å². The fourth-order valence-electron chi connectivity index (χ4n) is 5.47. The Bertz CT molecular complexity index is 753. The van der Waals surface area contributed by atoms with E-state index in [1.54, 1.807) is 0 Å². The monoisotopic (exact) mass is 671 g/mol. The summed E-state index contributed by atoms with van der Waals surface area (Å²) in [6.07, 6.45) is 21.5. The van der Waals surface area contributed by atoms with Crippen LogP contribution in [0.15, 0.2) is 0 Å².